The molecule has 0 aromatic carbocycles. The molecule has 0 spiro atoms. The van der Waals surface area contributed by atoms with Gasteiger partial charge in [-0.05, 0) is 33.0 Å². The summed E-state index contributed by atoms with van der Waals surface area (Å²) in [5.41, 5.74) is 0. The highest BCUT2D eigenvalue weighted by molar-refractivity contribution is 4.86. The minimum absolute atomic E-state index is 0.896. The van der Waals surface area contributed by atoms with Gasteiger partial charge in [-0.1, -0.05) is 12.8 Å². The van der Waals surface area contributed by atoms with Crippen LogP contribution in [0.5, 0.6) is 0 Å². The number of likely N-dealkylation sites (tertiary alicyclic amines) is 2. The zero-order valence-corrected chi connectivity index (χ0v) is 8.13. The van der Waals surface area contributed by atoms with Gasteiger partial charge in [0.05, 0.1) is 0 Å². The van der Waals surface area contributed by atoms with E-state index in [1.54, 1.807) is 0 Å². The molecule has 0 bridgehead atoms. The van der Waals surface area contributed by atoms with Crippen LogP contribution in [0.2, 0.25) is 0 Å². The van der Waals surface area contributed by atoms with E-state index in [2.05, 4.69) is 16.8 Å². The molecule has 0 atom stereocenters. The third-order valence-electron chi connectivity index (χ3n) is 3.20. The normalized spacial score (nSPS) is 29.8. The molecule has 0 radical (unpaired) electrons. The molecular formula is C10H20N2. The monoisotopic (exact) mass is 168 g/mol. The van der Waals surface area contributed by atoms with Crippen molar-refractivity contribution < 1.29 is 0 Å². The summed E-state index contributed by atoms with van der Waals surface area (Å²) < 4.78 is 0. The van der Waals surface area contributed by atoms with Gasteiger partial charge in [0.25, 0.3) is 0 Å². The van der Waals surface area contributed by atoms with E-state index in [-0.39, 0.29) is 0 Å². The molecule has 12 heavy (non-hydrogen) atoms. The molecule has 2 aliphatic heterocycles. The first-order valence-electron chi connectivity index (χ1n) is 5.29. The first-order valence-corrected chi connectivity index (χ1v) is 5.29. The Morgan fingerprint density at radius 1 is 0.917 bits per heavy atom. The molecule has 2 saturated heterocycles. The molecule has 2 fully saturated rings. The molecule has 0 aromatic rings. The molecule has 2 heterocycles. The Bertz CT molecular complexity index is 133. The van der Waals surface area contributed by atoms with Crippen LogP contribution >= 0.6 is 0 Å². The van der Waals surface area contributed by atoms with Gasteiger partial charge in [0, 0.05) is 19.1 Å². The van der Waals surface area contributed by atoms with Crippen molar-refractivity contribution in [3.63, 3.8) is 0 Å². The van der Waals surface area contributed by atoms with E-state index in [4.69, 9.17) is 0 Å². The smallest absolute Gasteiger partial charge is 0.0350 e. The molecule has 2 aliphatic rings. The number of nitrogens with zero attached hydrogens (tertiary/aromatic N) is 2. The van der Waals surface area contributed by atoms with E-state index in [9.17, 15) is 0 Å². The molecule has 0 amide bonds. The van der Waals surface area contributed by atoms with Gasteiger partial charge in [-0.25, -0.2) is 0 Å². The van der Waals surface area contributed by atoms with Gasteiger partial charge < -0.3 is 4.90 Å². The van der Waals surface area contributed by atoms with Gasteiger partial charge in [-0.3, -0.25) is 4.90 Å². The fourth-order valence-electron chi connectivity index (χ4n) is 2.36. The third-order valence-corrected chi connectivity index (χ3v) is 3.20. The fraction of sp³-hybridized carbons (Fsp3) is 1.00. The molecule has 70 valence electrons. The van der Waals surface area contributed by atoms with Gasteiger partial charge >= 0.3 is 0 Å². The molecule has 0 aliphatic carbocycles. The van der Waals surface area contributed by atoms with E-state index in [0.717, 1.165) is 6.04 Å². The maximum absolute atomic E-state index is 2.70. The number of hydrogen-bond donors (Lipinski definition) is 0. The van der Waals surface area contributed by atoms with Crippen molar-refractivity contribution in [3.05, 3.63) is 0 Å². The van der Waals surface area contributed by atoms with Crippen molar-refractivity contribution in [1.82, 2.24) is 9.80 Å². The van der Waals surface area contributed by atoms with Crippen LogP contribution in [-0.2, 0) is 0 Å². The fourth-order valence-corrected chi connectivity index (χ4v) is 2.36. The maximum atomic E-state index is 2.70. The van der Waals surface area contributed by atoms with Crippen molar-refractivity contribution in [3.8, 4) is 0 Å². The quantitative estimate of drug-likeness (QED) is 0.580. The van der Waals surface area contributed by atoms with Crippen LogP contribution in [0.25, 0.3) is 0 Å². The van der Waals surface area contributed by atoms with E-state index in [1.165, 1.54) is 51.9 Å². The van der Waals surface area contributed by atoms with Crippen molar-refractivity contribution >= 4 is 0 Å². The third kappa shape index (κ3) is 1.80. The summed E-state index contributed by atoms with van der Waals surface area (Å²) >= 11 is 0. The standard InChI is InChI=1S/C10H20N2/c1-11-8-10(9-11)12-6-4-2-3-5-7-12/h10H,2-9H2,1H3. The summed E-state index contributed by atoms with van der Waals surface area (Å²) in [6.07, 6.45) is 5.78. The second kappa shape index (κ2) is 3.75. The average molecular weight is 168 g/mol. The maximum Gasteiger partial charge on any atom is 0.0350 e. The number of likely N-dealkylation sites (N-methyl/N-ethyl adjacent to an activating group) is 1. The van der Waals surface area contributed by atoms with Crippen LogP contribution in [0.15, 0.2) is 0 Å². The first-order chi connectivity index (χ1) is 5.86. The van der Waals surface area contributed by atoms with Gasteiger partial charge in [0.1, 0.15) is 0 Å². The van der Waals surface area contributed by atoms with Crippen LogP contribution in [0.3, 0.4) is 0 Å². The summed E-state index contributed by atoms with van der Waals surface area (Å²) in [5, 5.41) is 0. The van der Waals surface area contributed by atoms with Crippen LogP contribution in [-0.4, -0.2) is 49.1 Å². The van der Waals surface area contributed by atoms with E-state index in [0.29, 0.717) is 0 Å². The van der Waals surface area contributed by atoms with Crippen LogP contribution in [0, 0.1) is 0 Å². The Morgan fingerprint density at radius 3 is 2.00 bits per heavy atom. The first kappa shape index (κ1) is 8.52. The average Bonchev–Trinajstić information content (AvgIpc) is 2.26. The van der Waals surface area contributed by atoms with Crippen LogP contribution < -0.4 is 0 Å². The molecule has 0 unspecified atom stereocenters. The summed E-state index contributed by atoms with van der Waals surface area (Å²) in [6, 6.07) is 0.896. The predicted molar refractivity (Wildman–Crippen MR) is 51.3 cm³/mol. The second-order valence-corrected chi connectivity index (χ2v) is 4.33. The minimum atomic E-state index is 0.896. The zero-order chi connectivity index (χ0) is 8.39. The zero-order valence-electron chi connectivity index (χ0n) is 8.13. The Balaban J connectivity index is 1.78. The number of hydrogen-bond acceptors (Lipinski definition) is 2. The molecule has 2 rings (SSSR count). The predicted octanol–water partition coefficient (Wildman–Crippen LogP) is 1.18. The Labute approximate surface area is 75.5 Å². The molecular weight excluding hydrogens is 148 g/mol. The summed E-state index contributed by atoms with van der Waals surface area (Å²) in [5.74, 6) is 0. The highest BCUT2D eigenvalue weighted by Crippen LogP contribution is 2.17. The van der Waals surface area contributed by atoms with Crippen LogP contribution in [0.4, 0.5) is 0 Å². The van der Waals surface area contributed by atoms with Gasteiger partial charge in [-0.2, -0.15) is 0 Å². The second-order valence-electron chi connectivity index (χ2n) is 4.33. The molecule has 0 saturated carbocycles. The summed E-state index contributed by atoms with van der Waals surface area (Å²) in [4.78, 5) is 5.11. The van der Waals surface area contributed by atoms with Crippen molar-refractivity contribution in [2.24, 2.45) is 0 Å². The van der Waals surface area contributed by atoms with Crippen LogP contribution in [0.1, 0.15) is 25.7 Å². The summed E-state index contributed by atoms with van der Waals surface area (Å²) in [6.45, 7) is 5.33. The van der Waals surface area contributed by atoms with Gasteiger partial charge in [0.15, 0.2) is 0 Å². The lowest BCUT2D eigenvalue weighted by molar-refractivity contribution is 0.0549. The molecule has 2 heteroatoms. The Morgan fingerprint density at radius 2 is 1.50 bits per heavy atom. The van der Waals surface area contributed by atoms with E-state index >= 15 is 0 Å². The highest BCUT2D eigenvalue weighted by atomic mass is 15.3. The van der Waals surface area contributed by atoms with Gasteiger partial charge in [0.2, 0.25) is 0 Å². The van der Waals surface area contributed by atoms with Crippen molar-refractivity contribution in [2.75, 3.05) is 33.2 Å². The number of rotatable bonds is 1. The lowest BCUT2D eigenvalue weighted by Crippen LogP contribution is -2.57. The molecule has 0 aromatic heterocycles. The molecule has 2 nitrogen and oxygen atoms in total. The van der Waals surface area contributed by atoms with Crippen molar-refractivity contribution in [2.45, 2.75) is 31.7 Å². The summed E-state index contributed by atoms with van der Waals surface area (Å²) in [7, 11) is 2.22. The van der Waals surface area contributed by atoms with E-state index in [1.807, 2.05) is 0 Å². The van der Waals surface area contributed by atoms with Gasteiger partial charge in [-0.15, -0.1) is 0 Å². The highest BCUT2D eigenvalue weighted by Gasteiger charge is 2.28. The van der Waals surface area contributed by atoms with E-state index < -0.39 is 0 Å². The largest absolute Gasteiger partial charge is 0.303 e. The molecule has 0 N–H and O–H groups in total. The Kier molecular flexibility index (Phi) is 2.66. The minimum Gasteiger partial charge on any atom is -0.303 e. The topological polar surface area (TPSA) is 6.48 Å². The Hall–Kier alpha value is -0.0800. The lowest BCUT2D eigenvalue weighted by Gasteiger charge is -2.43. The van der Waals surface area contributed by atoms with Crippen molar-refractivity contribution in [1.29, 1.82) is 0 Å². The lowest BCUT2D eigenvalue weighted by atomic mass is 10.1. The SMILES string of the molecule is CN1CC(N2CCCCCC2)C1.